The minimum absolute atomic E-state index is 0.526. The van der Waals surface area contributed by atoms with Crippen LogP contribution in [-0.4, -0.2) is 57.1 Å². The summed E-state index contributed by atoms with van der Waals surface area (Å²) >= 11 is 0. The van der Waals surface area contributed by atoms with Crippen LogP contribution in [0.1, 0.15) is 27.7 Å². The Kier molecular flexibility index (Phi) is 4.33. The van der Waals surface area contributed by atoms with Gasteiger partial charge in [0.2, 0.25) is 6.29 Å². The van der Waals surface area contributed by atoms with Gasteiger partial charge in [0.05, 0.1) is 12.4 Å². The summed E-state index contributed by atoms with van der Waals surface area (Å²) in [5.41, 5.74) is 0. The van der Waals surface area contributed by atoms with E-state index in [1.807, 2.05) is 0 Å². The van der Waals surface area contributed by atoms with Crippen LogP contribution in [0, 0.1) is 0 Å². The zero-order valence-corrected chi connectivity index (χ0v) is 13.4. The maximum Gasteiger partial charge on any atom is 0.305 e. The molecule has 0 bridgehead atoms. The zero-order valence-electron chi connectivity index (χ0n) is 12.6. The quantitative estimate of drug-likeness (QED) is 0.535. The highest BCUT2D eigenvalue weighted by Crippen LogP contribution is 2.39. The second kappa shape index (κ2) is 5.47. The van der Waals surface area contributed by atoms with Gasteiger partial charge in [-0.25, -0.2) is 0 Å². The van der Waals surface area contributed by atoms with Crippen molar-refractivity contribution in [2.24, 2.45) is 0 Å². The van der Waals surface area contributed by atoms with Gasteiger partial charge in [0.15, 0.2) is 11.9 Å². The summed E-state index contributed by atoms with van der Waals surface area (Å²) in [7, 11) is -3.70. The summed E-state index contributed by atoms with van der Waals surface area (Å²) in [5.74, 6) is -1.48. The number of fused-ring (bicyclic) bond motifs is 1. The van der Waals surface area contributed by atoms with Gasteiger partial charge in [0.25, 0.3) is 10.1 Å². The highest BCUT2D eigenvalue weighted by Gasteiger charge is 2.56. The molecular formula is C12H20O8S. The van der Waals surface area contributed by atoms with Crippen molar-refractivity contribution >= 4 is 16.1 Å². The molecular weight excluding hydrogens is 304 g/mol. The molecule has 2 aliphatic rings. The Bertz CT molecular complexity index is 513. The number of ether oxygens (including phenoxy) is 4. The Labute approximate surface area is 123 Å². The zero-order chi connectivity index (χ0) is 16.0. The summed E-state index contributed by atoms with van der Waals surface area (Å²) in [6, 6.07) is 0. The average molecular weight is 324 g/mol. The molecule has 0 aromatic rings. The molecule has 8 nitrogen and oxygen atoms in total. The van der Waals surface area contributed by atoms with Crippen molar-refractivity contribution in [1.82, 2.24) is 0 Å². The van der Waals surface area contributed by atoms with E-state index in [1.54, 1.807) is 20.8 Å². The summed E-state index contributed by atoms with van der Waals surface area (Å²) in [4.78, 5) is 11.2. The highest BCUT2D eigenvalue weighted by molar-refractivity contribution is 7.86. The first-order chi connectivity index (χ1) is 9.48. The standard InChI is InChI=1S/C12H20O8S/c1-6-8(20-21(5,14)15)9-10(19-12(3,4)18-9)11(16-6)17-7(2)13/h6,8-11H,1-5H3/t6-,8-,9+,10+,11-/m0/s1. The lowest BCUT2D eigenvalue weighted by atomic mass is 10.0. The van der Waals surface area contributed by atoms with Gasteiger partial charge in [0, 0.05) is 6.92 Å². The fourth-order valence-corrected chi connectivity index (χ4v) is 3.18. The van der Waals surface area contributed by atoms with Gasteiger partial charge in [0.1, 0.15) is 12.2 Å². The van der Waals surface area contributed by atoms with Crippen molar-refractivity contribution in [1.29, 1.82) is 0 Å². The number of esters is 1. The predicted molar refractivity (Wildman–Crippen MR) is 69.6 cm³/mol. The van der Waals surface area contributed by atoms with Gasteiger partial charge in [-0.1, -0.05) is 0 Å². The summed E-state index contributed by atoms with van der Waals surface area (Å²) in [6.07, 6.45) is -3.02. The molecule has 0 amide bonds. The van der Waals surface area contributed by atoms with Crippen molar-refractivity contribution in [3.05, 3.63) is 0 Å². The van der Waals surface area contributed by atoms with Crippen LogP contribution in [0.4, 0.5) is 0 Å². The molecule has 2 saturated heterocycles. The maximum absolute atomic E-state index is 11.4. The fraction of sp³-hybridized carbons (Fsp3) is 0.917. The van der Waals surface area contributed by atoms with Gasteiger partial charge in [-0.2, -0.15) is 8.42 Å². The lowest BCUT2D eigenvalue weighted by Crippen LogP contribution is -2.57. The van der Waals surface area contributed by atoms with Gasteiger partial charge < -0.3 is 18.9 Å². The summed E-state index contributed by atoms with van der Waals surface area (Å²) in [5, 5.41) is 0. The molecule has 0 aliphatic carbocycles. The van der Waals surface area contributed by atoms with E-state index in [4.69, 9.17) is 23.1 Å². The van der Waals surface area contributed by atoms with Crippen LogP contribution in [0.15, 0.2) is 0 Å². The molecule has 0 aromatic carbocycles. The van der Waals surface area contributed by atoms with Gasteiger partial charge in [-0.3, -0.25) is 8.98 Å². The number of rotatable bonds is 3. The molecule has 0 saturated carbocycles. The summed E-state index contributed by atoms with van der Waals surface area (Å²) in [6.45, 7) is 6.23. The van der Waals surface area contributed by atoms with Crippen LogP contribution in [0.3, 0.4) is 0 Å². The molecule has 0 unspecified atom stereocenters. The van der Waals surface area contributed by atoms with Crippen molar-refractivity contribution in [3.8, 4) is 0 Å². The van der Waals surface area contributed by atoms with Crippen molar-refractivity contribution in [2.75, 3.05) is 6.26 Å². The number of hydrogen-bond donors (Lipinski definition) is 0. The summed E-state index contributed by atoms with van der Waals surface area (Å²) < 4.78 is 49.8. The molecule has 2 aliphatic heterocycles. The second-order valence-electron chi connectivity index (χ2n) is 5.65. The molecule has 0 radical (unpaired) electrons. The van der Waals surface area contributed by atoms with E-state index in [-0.39, 0.29) is 0 Å². The van der Waals surface area contributed by atoms with E-state index in [0.717, 1.165) is 6.26 Å². The highest BCUT2D eigenvalue weighted by atomic mass is 32.2. The Morgan fingerprint density at radius 1 is 1.19 bits per heavy atom. The van der Waals surface area contributed by atoms with Crippen LogP contribution in [0.5, 0.6) is 0 Å². The Hall–Kier alpha value is -0.740. The van der Waals surface area contributed by atoms with Gasteiger partial charge in [-0.05, 0) is 20.8 Å². The lowest BCUT2D eigenvalue weighted by Gasteiger charge is -2.39. The van der Waals surface area contributed by atoms with E-state index in [1.165, 1.54) is 6.92 Å². The van der Waals surface area contributed by atoms with Crippen molar-refractivity contribution in [3.63, 3.8) is 0 Å². The fourth-order valence-electron chi connectivity index (χ4n) is 2.51. The molecule has 0 N–H and O–H groups in total. The minimum atomic E-state index is -3.70. The molecule has 2 fully saturated rings. The van der Waals surface area contributed by atoms with Crippen LogP contribution in [0.2, 0.25) is 0 Å². The van der Waals surface area contributed by atoms with Crippen LogP contribution in [-0.2, 0) is 38.0 Å². The van der Waals surface area contributed by atoms with Crippen LogP contribution >= 0.6 is 0 Å². The van der Waals surface area contributed by atoms with E-state index >= 15 is 0 Å². The van der Waals surface area contributed by atoms with E-state index in [9.17, 15) is 13.2 Å². The van der Waals surface area contributed by atoms with Crippen molar-refractivity contribution < 1.29 is 36.3 Å². The first kappa shape index (κ1) is 16.6. The molecule has 2 rings (SSSR count). The lowest BCUT2D eigenvalue weighted by molar-refractivity contribution is -0.259. The smallest absolute Gasteiger partial charge is 0.305 e. The molecule has 0 aromatic heterocycles. The third kappa shape index (κ3) is 3.92. The Balaban J connectivity index is 2.26. The first-order valence-electron chi connectivity index (χ1n) is 6.55. The minimum Gasteiger partial charge on any atom is -0.433 e. The van der Waals surface area contributed by atoms with Crippen molar-refractivity contribution in [2.45, 2.75) is 64.2 Å². The average Bonchev–Trinajstić information content (AvgIpc) is 2.58. The predicted octanol–water partition coefficient (Wildman–Crippen LogP) is 0.159. The number of hydrogen-bond acceptors (Lipinski definition) is 8. The SMILES string of the molecule is CC(=O)O[C@@H]1O[C@@H](C)[C@H](OS(C)(=O)=O)[C@H]2OC(C)(C)O[C@@H]12. The maximum atomic E-state index is 11.4. The molecule has 21 heavy (non-hydrogen) atoms. The third-order valence-electron chi connectivity index (χ3n) is 3.14. The van der Waals surface area contributed by atoms with Crippen LogP contribution < -0.4 is 0 Å². The molecule has 0 spiro atoms. The van der Waals surface area contributed by atoms with Gasteiger partial charge in [-0.15, -0.1) is 0 Å². The largest absolute Gasteiger partial charge is 0.433 e. The molecule has 5 atom stereocenters. The van der Waals surface area contributed by atoms with E-state index < -0.39 is 52.6 Å². The topological polar surface area (TPSA) is 97.4 Å². The second-order valence-corrected chi connectivity index (χ2v) is 7.25. The molecule has 122 valence electrons. The normalized spacial score (nSPS) is 38.8. The number of carbonyl (C=O) groups excluding carboxylic acids is 1. The Morgan fingerprint density at radius 2 is 1.76 bits per heavy atom. The monoisotopic (exact) mass is 324 g/mol. The number of carbonyl (C=O) groups is 1. The Morgan fingerprint density at radius 3 is 2.29 bits per heavy atom. The van der Waals surface area contributed by atoms with E-state index in [2.05, 4.69) is 0 Å². The third-order valence-corrected chi connectivity index (χ3v) is 3.71. The molecule has 2 heterocycles. The van der Waals surface area contributed by atoms with Gasteiger partial charge >= 0.3 is 5.97 Å². The first-order valence-corrected chi connectivity index (χ1v) is 8.37. The van der Waals surface area contributed by atoms with E-state index in [0.29, 0.717) is 0 Å². The molecule has 9 heteroatoms. The van der Waals surface area contributed by atoms with Crippen LogP contribution in [0.25, 0.3) is 0 Å².